The second-order valence-electron chi connectivity index (χ2n) is 9.26. The number of aromatic nitrogens is 1. The first-order chi connectivity index (χ1) is 16.3. The number of benzene rings is 2. The molecule has 1 unspecified atom stereocenters. The van der Waals surface area contributed by atoms with E-state index in [0.29, 0.717) is 17.2 Å². The summed E-state index contributed by atoms with van der Waals surface area (Å²) in [4.78, 5) is 30.6. The van der Waals surface area contributed by atoms with Crippen molar-refractivity contribution in [3.05, 3.63) is 70.0 Å². The Morgan fingerprint density at radius 1 is 0.971 bits per heavy atom. The lowest BCUT2D eigenvalue weighted by molar-refractivity contribution is -0.137. The summed E-state index contributed by atoms with van der Waals surface area (Å²) in [7, 11) is 0. The maximum atomic E-state index is 13.5. The molecule has 2 aliphatic heterocycles. The predicted molar refractivity (Wildman–Crippen MR) is 125 cm³/mol. The minimum Gasteiger partial charge on any atom is -0.352 e. The van der Waals surface area contributed by atoms with Crippen LogP contribution in [-0.4, -0.2) is 41.5 Å². The Morgan fingerprint density at radius 3 is 2.50 bits per heavy atom. The maximum absolute atomic E-state index is 13.5. The van der Waals surface area contributed by atoms with Gasteiger partial charge in [0.05, 0.1) is 11.5 Å². The molecule has 3 aromatic rings. The van der Waals surface area contributed by atoms with Crippen molar-refractivity contribution in [2.45, 2.75) is 43.8 Å². The van der Waals surface area contributed by atoms with Crippen LogP contribution in [0.3, 0.4) is 0 Å². The summed E-state index contributed by atoms with van der Waals surface area (Å²) >= 11 is 0. The van der Waals surface area contributed by atoms with E-state index in [1.807, 2.05) is 0 Å². The fourth-order valence-corrected chi connectivity index (χ4v) is 5.22. The molecule has 0 saturated carbocycles. The van der Waals surface area contributed by atoms with E-state index in [2.05, 4.69) is 15.2 Å². The normalized spacial score (nSPS) is 21.7. The summed E-state index contributed by atoms with van der Waals surface area (Å²) in [6.45, 7) is 2.95. The van der Waals surface area contributed by atoms with Crippen LogP contribution in [0.15, 0.2) is 53.3 Å². The van der Waals surface area contributed by atoms with Gasteiger partial charge in [0, 0.05) is 29.2 Å². The molecule has 2 aromatic carbocycles. The Bertz CT molecular complexity index is 1280. The molecule has 0 radical (unpaired) electrons. The summed E-state index contributed by atoms with van der Waals surface area (Å²) in [6, 6.07) is 12.0. The molecule has 2 fully saturated rings. The van der Waals surface area contributed by atoms with Gasteiger partial charge in [0.1, 0.15) is 0 Å². The third-order valence-electron chi connectivity index (χ3n) is 6.91. The van der Waals surface area contributed by atoms with E-state index in [0.717, 1.165) is 31.3 Å². The maximum Gasteiger partial charge on any atom is 0.417 e. The number of hydrogen-bond donors (Lipinski definition) is 2. The lowest BCUT2D eigenvalue weighted by Gasteiger charge is -2.28. The summed E-state index contributed by atoms with van der Waals surface area (Å²) in [5, 5.41) is 3.98. The average molecular weight is 470 g/mol. The van der Waals surface area contributed by atoms with Crippen LogP contribution < -0.4 is 10.9 Å². The number of halogens is 3. The van der Waals surface area contributed by atoms with Crippen LogP contribution in [-0.2, 0) is 11.0 Å². The van der Waals surface area contributed by atoms with E-state index < -0.39 is 17.3 Å². The number of nitrogens with one attached hydrogen (secondary N) is 2. The number of nitrogens with zero attached hydrogens (tertiary/aromatic N) is 1. The molecule has 0 bridgehead atoms. The van der Waals surface area contributed by atoms with Gasteiger partial charge in [-0.25, -0.2) is 0 Å². The lowest BCUT2D eigenvalue weighted by Crippen LogP contribution is -2.41. The molecule has 8 heteroatoms. The van der Waals surface area contributed by atoms with Gasteiger partial charge in [0.15, 0.2) is 0 Å². The molecular weight excluding hydrogens is 443 g/mol. The molecule has 0 aliphatic carbocycles. The van der Waals surface area contributed by atoms with Crippen LogP contribution in [0.5, 0.6) is 0 Å². The van der Waals surface area contributed by atoms with Crippen molar-refractivity contribution in [3.63, 3.8) is 0 Å². The molecule has 5 nitrogen and oxygen atoms in total. The second kappa shape index (κ2) is 8.91. The van der Waals surface area contributed by atoms with Gasteiger partial charge in [-0.2, -0.15) is 13.2 Å². The molecule has 2 N–H and O–H groups in total. The van der Waals surface area contributed by atoms with Crippen molar-refractivity contribution < 1.29 is 18.0 Å². The topological polar surface area (TPSA) is 65.2 Å². The molecule has 2 atom stereocenters. The molecule has 0 spiro atoms. The molecule has 2 saturated heterocycles. The number of fused-ring (bicyclic) bond motifs is 1. The van der Waals surface area contributed by atoms with Crippen molar-refractivity contribution in [2.75, 3.05) is 19.6 Å². The first-order valence-electron chi connectivity index (χ1n) is 11.7. The predicted octanol–water partition coefficient (Wildman–Crippen LogP) is 4.67. The first kappa shape index (κ1) is 22.7. The number of carbonyl (C=O) groups is 1. The van der Waals surface area contributed by atoms with Crippen molar-refractivity contribution in [1.29, 1.82) is 0 Å². The van der Waals surface area contributed by atoms with Gasteiger partial charge in [0.25, 0.3) is 5.56 Å². The van der Waals surface area contributed by atoms with E-state index in [1.54, 1.807) is 24.3 Å². The van der Waals surface area contributed by atoms with E-state index in [9.17, 15) is 22.8 Å². The van der Waals surface area contributed by atoms with E-state index >= 15 is 0 Å². The average Bonchev–Trinajstić information content (AvgIpc) is 3.18. The highest BCUT2D eigenvalue weighted by molar-refractivity contribution is 5.90. The van der Waals surface area contributed by atoms with Gasteiger partial charge in [-0.15, -0.1) is 0 Å². The highest BCUT2D eigenvalue weighted by Gasteiger charge is 2.35. The number of rotatable bonds is 4. The van der Waals surface area contributed by atoms with Crippen LogP contribution in [0.25, 0.3) is 22.0 Å². The Labute approximate surface area is 195 Å². The van der Waals surface area contributed by atoms with Crippen LogP contribution in [0.1, 0.15) is 42.7 Å². The molecular formula is C26H26F3N3O2. The molecule has 2 aliphatic rings. The number of alkyl halides is 3. The largest absolute Gasteiger partial charge is 0.417 e. The number of H-pyrrole nitrogens is 1. The van der Waals surface area contributed by atoms with Gasteiger partial charge in [0.2, 0.25) is 5.91 Å². The van der Waals surface area contributed by atoms with Gasteiger partial charge >= 0.3 is 6.18 Å². The summed E-state index contributed by atoms with van der Waals surface area (Å²) < 4.78 is 40.4. The summed E-state index contributed by atoms with van der Waals surface area (Å²) in [5.41, 5.74) is -0.495. The van der Waals surface area contributed by atoms with Crippen LogP contribution >= 0.6 is 0 Å². The fraction of sp³-hybridized carbons (Fsp3) is 0.385. The molecule has 1 aromatic heterocycles. The zero-order valence-electron chi connectivity index (χ0n) is 18.6. The van der Waals surface area contributed by atoms with E-state index in [1.165, 1.54) is 37.5 Å². The van der Waals surface area contributed by atoms with Crippen LogP contribution in [0.4, 0.5) is 13.2 Å². The molecule has 5 rings (SSSR count). The highest BCUT2D eigenvalue weighted by atomic mass is 19.4. The third-order valence-corrected chi connectivity index (χ3v) is 6.91. The van der Waals surface area contributed by atoms with Gasteiger partial charge in [-0.1, -0.05) is 36.8 Å². The van der Waals surface area contributed by atoms with Gasteiger partial charge < -0.3 is 15.2 Å². The van der Waals surface area contributed by atoms with Crippen LogP contribution in [0, 0.1) is 0 Å². The fourth-order valence-electron chi connectivity index (χ4n) is 5.22. The smallest absolute Gasteiger partial charge is 0.352 e. The SMILES string of the molecule is O=C1NC(CN2CCCCC2)C[C@H]1c1ccc2cc(-c3ccccc3C(F)(F)F)[nH]c(=O)c2c1. The summed E-state index contributed by atoms with van der Waals surface area (Å²) in [6.07, 6.45) is -0.242. The standard InChI is InChI=1S/C26H26F3N3O2/c27-26(28,29)22-7-3-2-6-19(22)23-13-17-9-8-16(12-20(17)25(34)31-23)21-14-18(30-24(21)33)15-32-10-4-1-5-11-32/h2-3,6-9,12-13,18,21H,1,4-5,10-11,14-15H2,(H,30,33)(H,31,34)/t18?,21-/m0/s1. The molecule has 34 heavy (non-hydrogen) atoms. The Balaban J connectivity index is 1.42. The van der Waals surface area contributed by atoms with Crippen molar-refractivity contribution in [2.24, 2.45) is 0 Å². The Morgan fingerprint density at radius 2 is 1.74 bits per heavy atom. The van der Waals surface area contributed by atoms with Gasteiger partial charge in [-0.05, 0) is 61.5 Å². The number of aromatic amines is 1. The van der Waals surface area contributed by atoms with E-state index in [4.69, 9.17) is 0 Å². The number of hydrogen-bond acceptors (Lipinski definition) is 3. The Kier molecular flexibility index (Phi) is 5.93. The lowest BCUT2D eigenvalue weighted by atomic mass is 9.93. The first-order valence-corrected chi connectivity index (χ1v) is 11.7. The molecule has 3 heterocycles. The molecule has 1 amide bonds. The minimum atomic E-state index is -4.53. The van der Waals surface area contributed by atoms with Crippen molar-refractivity contribution >= 4 is 16.7 Å². The van der Waals surface area contributed by atoms with Crippen LogP contribution in [0.2, 0.25) is 0 Å². The number of likely N-dealkylation sites (tertiary alicyclic amines) is 1. The van der Waals surface area contributed by atoms with E-state index in [-0.39, 0.29) is 29.1 Å². The zero-order chi connectivity index (χ0) is 23.9. The zero-order valence-corrected chi connectivity index (χ0v) is 18.6. The summed E-state index contributed by atoms with van der Waals surface area (Å²) in [5.74, 6) is -0.391. The number of pyridine rings is 1. The highest BCUT2D eigenvalue weighted by Crippen LogP contribution is 2.37. The van der Waals surface area contributed by atoms with Crippen molar-refractivity contribution in [3.8, 4) is 11.3 Å². The molecule has 178 valence electrons. The second-order valence-corrected chi connectivity index (χ2v) is 9.26. The number of amides is 1. The Hall–Kier alpha value is -3.13. The number of piperidine rings is 1. The van der Waals surface area contributed by atoms with Crippen molar-refractivity contribution in [1.82, 2.24) is 15.2 Å². The third kappa shape index (κ3) is 4.46. The quantitative estimate of drug-likeness (QED) is 0.584. The number of carbonyl (C=O) groups excluding carboxylic acids is 1. The minimum absolute atomic E-state index is 0.0477. The monoisotopic (exact) mass is 469 g/mol. The van der Waals surface area contributed by atoms with Gasteiger partial charge in [-0.3, -0.25) is 9.59 Å².